The van der Waals surface area contributed by atoms with Crippen LogP contribution in [0.5, 0.6) is 5.75 Å². The SMILES string of the molecule is COc1ccc(CCN(Cc2nc3ccccc3c(=O)[nH]2)C(=O)c2cccc(Cl)c2)cc1. The molecule has 0 bridgehead atoms. The molecule has 32 heavy (non-hydrogen) atoms. The van der Waals surface area contributed by atoms with E-state index in [2.05, 4.69) is 9.97 Å². The second-order valence-corrected chi connectivity index (χ2v) is 7.80. The maximum Gasteiger partial charge on any atom is 0.258 e. The van der Waals surface area contributed by atoms with Gasteiger partial charge in [0, 0.05) is 17.1 Å². The first kappa shape index (κ1) is 21.6. The van der Waals surface area contributed by atoms with Gasteiger partial charge < -0.3 is 14.6 Å². The van der Waals surface area contributed by atoms with Crippen LogP contribution < -0.4 is 10.3 Å². The van der Waals surface area contributed by atoms with Crippen molar-refractivity contribution in [1.29, 1.82) is 0 Å². The molecule has 0 unspecified atom stereocenters. The van der Waals surface area contributed by atoms with Crippen molar-refractivity contribution in [2.45, 2.75) is 13.0 Å². The predicted molar refractivity (Wildman–Crippen MR) is 125 cm³/mol. The number of methoxy groups -OCH3 is 1. The van der Waals surface area contributed by atoms with E-state index < -0.39 is 0 Å². The second-order valence-electron chi connectivity index (χ2n) is 7.36. The number of fused-ring (bicyclic) bond motifs is 1. The van der Waals surface area contributed by atoms with Gasteiger partial charge in [-0.3, -0.25) is 9.59 Å². The number of hydrogen-bond acceptors (Lipinski definition) is 4. The van der Waals surface area contributed by atoms with Gasteiger partial charge in [-0.1, -0.05) is 41.9 Å². The van der Waals surface area contributed by atoms with Crippen LogP contribution in [0.2, 0.25) is 5.02 Å². The Bertz CT molecular complexity index is 1300. The maximum absolute atomic E-state index is 13.3. The summed E-state index contributed by atoms with van der Waals surface area (Å²) < 4.78 is 5.21. The summed E-state index contributed by atoms with van der Waals surface area (Å²) in [6, 6.07) is 21.7. The van der Waals surface area contributed by atoms with Crippen molar-refractivity contribution in [2.24, 2.45) is 0 Å². The van der Waals surface area contributed by atoms with Crippen LogP contribution in [0.4, 0.5) is 0 Å². The van der Waals surface area contributed by atoms with Gasteiger partial charge in [0.25, 0.3) is 11.5 Å². The number of nitrogens with zero attached hydrogens (tertiary/aromatic N) is 2. The number of H-pyrrole nitrogens is 1. The van der Waals surface area contributed by atoms with Gasteiger partial charge in [-0.15, -0.1) is 0 Å². The average molecular weight is 448 g/mol. The van der Waals surface area contributed by atoms with E-state index in [4.69, 9.17) is 16.3 Å². The van der Waals surface area contributed by atoms with Crippen molar-refractivity contribution in [3.8, 4) is 5.75 Å². The number of aromatic amines is 1. The predicted octanol–water partition coefficient (Wildman–Crippen LogP) is 4.47. The van der Waals surface area contributed by atoms with Crippen LogP contribution in [0.1, 0.15) is 21.7 Å². The number of carbonyl (C=O) groups excluding carboxylic acids is 1. The summed E-state index contributed by atoms with van der Waals surface area (Å²) in [7, 11) is 1.62. The molecule has 1 N–H and O–H groups in total. The van der Waals surface area contributed by atoms with E-state index >= 15 is 0 Å². The zero-order valence-electron chi connectivity index (χ0n) is 17.5. The molecule has 0 aliphatic heterocycles. The molecule has 0 aliphatic rings. The topological polar surface area (TPSA) is 75.3 Å². The smallest absolute Gasteiger partial charge is 0.258 e. The van der Waals surface area contributed by atoms with Crippen molar-refractivity contribution in [3.05, 3.63) is 105 Å². The first-order chi connectivity index (χ1) is 15.5. The van der Waals surface area contributed by atoms with Crippen molar-refractivity contribution < 1.29 is 9.53 Å². The van der Waals surface area contributed by atoms with Gasteiger partial charge in [-0.25, -0.2) is 4.98 Å². The number of para-hydroxylation sites is 1. The van der Waals surface area contributed by atoms with Crippen LogP contribution >= 0.6 is 11.6 Å². The summed E-state index contributed by atoms with van der Waals surface area (Å²) in [4.78, 5) is 34.8. The molecule has 0 spiro atoms. The van der Waals surface area contributed by atoms with Crippen LogP contribution in [0.15, 0.2) is 77.6 Å². The average Bonchev–Trinajstić information content (AvgIpc) is 2.81. The Kier molecular flexibility index (Phi) is 6.52. The molecular weight excluding hydrogens is 426 g/mol. The minimum absolute atomic E-state index is 0.168. The minimum atomic E-state index is -0.226. The number of nitrogens with one attached hydrogen (secondary N) is 1. The van der Waals surface area contributed by atoms with E-state index in [0.29, 0.717) is 40.3 Å². The number of carbonyl (C=O) groups is 1. The van der Waals surface area contributed by atoms with Gasteiger partial charge in [0.1, 0.15) is 11.6 Å². The van der Waals surface area contributed by atoms with Crippen molar-refractivity contribution in [2.75, 3.05) is 13.7 Å². The molecular formula is C25H22ClN3O3. The van der Waals surface area contributed by atoms with E-state index in [-0.39, 0.29) is 18.0 Å². The fourth-order valence-corrected chi connectivity index (χ4v) is 3.69. The van der Waals surface area contributed by atoms with Gasteiger partial charge >= 0.3 is 0 Å². The molecule has 4 aromatic rings. The van der Waals surface area contributed by atoms with E-state index in [1.807, 2.05) is 30.3 Å². The Balaban J connectivity index is 1.61. The zero-order chi connectivity index (χ0) is 22.5. The van der Waals surface area contributed by atoms with Gasteiger partial charge in [0.2, 0.25) is 0 Å². The number of amides is 1. The standard InChI is InChI=1S/C25H22ClN3O3/c1-32-20-11-9-17(10-12-20)13-14-29(25(31)18-5-4-6-19(26)15-18)16-23-27-22-8-3-2-7-21(22)24(30)28-23/h2-12,15H,13-14,16H2,1H3,(H,27,28,30). The van der Waals surface area contributed by atoms with Crippen LogP contribution in [0.25, 0.3) is 10.9 Å². The third-order valence-corrected chi connectivity index (χ3v) is 5.43. The first-order valence-corrected chi connectivity index (χ1v) is 10.6. The number of hydrogen-bond donors (Lipinski definition) is 1. The van der Waals surface area contributed by atoms with Crippen LogP contribution in [0.3, 0.4) is 0 Å². The second kappa shape index (κ2) is 9.66. The van der Waals surface area contributed by atoms with Crippen LogP contribution in [-0.2, 0) is 13.0 Å². The molecule has 3 aromatic carbocycles. The highest BCUT2D eigenvalue weighted by atomic mass is 35.5. The molecule has 4 rings (SSSR count). The van der Waals surface area contributed by atoms with Crippen molar-refractivity contribution >= 4 is 28.4 Å². The lowest BCUT2D eigenvalue weighted by atomic mass is 10.1. The minimum Gasteiger partial charge on any atom is -0.497 e. The molecule has 1 amide bonds. The van der Waals surface area contributed by atoms with Gasteiger partial charge in [-0.05, 0) is 54.4 Å². The Labute approximate surface area is 190 Å². The highest BCUT2D eigenvalue weighted by Gasteiger charge is 2.18. The molecule has 0 aliphatic carbocycles. The Morgan fingerprint density at radius 2 is 1.84 bits per heavy atom. The highest BCUT2D eigenvalue weighted by molar-refractivity contribution is 6.30. The van der Waals surface area contributed by atoms with Crippen molar-refractivity contribution in [3.63, 3.8) is 0 Å². The van der Waals surface area contributed by atoms with E-state index in [0.717, 1.165) is 11.3 Å². The molecule has 162 valence electrons. The fourth-order valence-electron chi connectivity index (χ4n) is 3.50. The van der Waals surface area contributed by atoms with Gasteiger partial charge in [0.05, 0.1) is 24.6 Å². The summed E-state index contributed by atoms with van der Waals surface area (Å²) in [6.45, 7) is 0.607. The molecule has 0 radical (unpaired) electrons. The summed E-state index contributed by atoms with van der Waals surface area (Å²) >= 11 is 6.10. The number of halogens is 1. The van der Waals surface area contributed by atoms with Gasteiger partial charge in [-0.2, -0.15) is 0 Å². The molecule has 0 saturated carbocycles. The van der Waals surface area contributed by atoms with Gasteiger partial charge in [0.15, 0.2) is 0 Å². The number of benzene rings is 3. The third-order valence-electron chi connectivity index (χ3n) is 5.19. The fraction of sp³-hybridized carbons (Fsp3) is 0.160. The molecule has 6 nitrogen and oxygen atoms in total. The van der Waals surface area contributed by atoms with E-state index in [9.17, 15) is 9.59 Å². The lowest BCUT2D eigenvalue weighted by Crippen LogP contribution is -2.34. The lowest BCUT2D eigenvalue weighted by molar-refractivity contribution is 0.0741. The van der Waals surface area contributed by atoms with E-state index in [1.54, 1.807) is 54.5 Å². The monoisotopic (exact) mass is 447 g/mol. The Morgan fingerprint density at radius 1 is 1.06 bits per heavy atom. The Hall–Kier alpha value is -3.64. The molecule has 7 heteroatoms. The largest absolute Gasteiger partial charge is 0.497 e. The maximum atomic E-state index is 13.3. The molecule has 0 fully saturated rings. The van der Waals surface area contributed by atoms with E-state index in [1.165, 1.54) is 0 Å². The third kappa shape index (κ3) is 4.98. The first-order valence-electron chi connectivity index (χ1n) is 10.2. The Morgan fingerprint density at radius 3 is 2.59 bits per heavy atom. The summed E-state index contributed by atoms with van der Waals surface area (Å²) in [5.41, 5.74) is 1.91. The molecule has 1 heterocycles. The molecule has 1 aromatic heterocycles. The number of aromatic nitrogens is 2. The number of ether oxygens (including phenoxy) is 1. The van der Waals surface area contributed by atoms with Crippen LogP contribution in [0, 0.1) is 0 Å². The zero-order valence-corrected chi connectivity index (χ0v) is 18.3. The summed E-state index contributed by atoms with van der Waals surface area (Å²) in [5, 5.41) is 1.00. The summed E-state index contributed by atoms with van der Waals surface area (Å²) in [6.07, 6.45) is 0.633. The number of rotatable bonds is 7. The van der Waals surface area contributed by atoms with Crippen molar-refractivity contribution in [1.82, 2.24) is 14.9 Å². The van der Waals surface area contributed by atoms with Crippen LogP contribution in [-0.4, -0.2) is 34.4 Å². The summed E-state index contributed by atoms with van der Waals surface area (Å²) in [5.74, 6) is 1.02. The lowest BCUT2D eigenvalue weighted by Gasteiger charge is -2.23. The normalized spacial score (nSPS) is 10.8. The quantitative estimate of drug-likeness (QED) is 0.453. The highest BCUT2D eigenvalue weighted by Crippen LogP contribution is 2.16. The molecule has 0 atom stereocenters. The molecule has 0 saturated heterocycles.